The van der Waals surface area contributed by atoms with E-state index in [1.165, 1.54) is 23.4 Å². The Labute approximate surface area is 205 Å². The smallest absolute Gasteiger partial charge is 0.233 e. The molecule has 0 radical (unpaired) electrons. The van der Waals surface area contributed by atoms with Crippen LogP contribution in [-0.4, -0.2) is 62.4 Å². The summed E-state index contributed by atoms with van der Waals surface area (Å²) in [7, 11) is 0. The van der Waals surface area contributed by atoms with Gasteiger partial charge in [0, 0.05) is 38.8 Å². The lowest BCUT2D eigenvalue weighted by atomic mass is 10.1. The Bertz CT molecular complexity index is 1100. The molecule has 1 amide bonds. The lowest BCUT2D eigenvalue weighted by Crippen LogP contribution is -2.49. The van der Waals surface area contributed by atoms with E-state index in [1.807, 2.05) is 15.5 Å². The zero-order valence-corrected chi connectivity index (χ0v) is 20.8. The Morgan fingerprint density at radius 3 is 2.32 bits per heavy atom. The highest BCUT2D eigenvalue weighted by atomic mass is 32.2. The zero-order chi connectivity index (χ0) is 24.1. The fourth-order valence-corrected chi connectivity index (χ4v) is 5.14. The molecule has 2 aromatic carbocycles. The molecule has 0 N–H and O–H groups in total. The maximum absolute atomic E-state index is 14.4. The summed E-state index contributed by atoms with van der Waals surface area (Å²) < 4.78 is 16.3. The second kappa shape index (κ2) is 11.1. The summed E-state index contributed by atoms with van der Waals surface area (Å²) in [5.74, 6) is 0.905. The van der Waals surface area contributed by atoms with E-state index in [0.29, 0.717) is 40.8 Å². The predicted molar refractivity (Wildman–Crippen MR) is 134 cm³/mol. The van der Waals surface area contributed by atoms with Crippen LogP contribution in [0.15, 0.2) is 59.8 Å². The van der Waals surface area contributed by atoms with Crippen molar-refractivity contribution in [3.8, 4) is 11.4 Å². The molecular weight excluding hydrogens is 449 g/mol. The lowest BCUT2D eigenvalue weighted by molar-refractivity contribution is -0.130. The van der Waals surface area contributed by atoms with Gasteiger partial charge in [-0.05, 0) is 30.5 Å². The highest BCUT2D eigenvalue weighted by molar-refractivity contribution is 7.99. The van der Waals surface area contributed by atoms with E-state index in [9.17, 15) is 9.18 Å². The van der Waals surface area contributed by atoms with Crippen LogP contribution in [0.2, 0.25) is 0 Å². The molecule has 1 saturated heterocycles. The molecule has 0 bridgehead atoms. The Kier molecular flexibility index (Phi) is 8.00. The lowest BCUT2D eigenvalue weighted by Gasteiger charge is -2.38. The van der Waals surface area contributed by atoms with Crippen LogP contribution in [0, 0.1) is 11.7 Å². The van der Waals surface area contributed by atoms with E-state index >= 15 is 0 Å². The van der Waals surface area contributed by atoms with Crippen molar-refractivity contribution in [1.82, 2.24) is 24.6 Å². The quantitative estimate of drug-likeness (QED) is 0.435. The molecule has 1 aromatic heterocycles. The first-order valence-electron chi connectivity index (χ1n) is 11.8. The number of amides is 1. The normalized spacial score (nSPS) is 15.6. The minimum Gasteiger partial charge on any atom is -0.339 e. The summed E-state index contributed by atoms with van der Waals surface area (Å²) in [6, 6.07) is 17.4. The number of rotatable bonds is 8. The molecule has 1 aliphatic rings. The minimum atomic E-state index is -0.324. The number of aromatic nitrogens is 3. The molecule has 0 spiro atoms. The number of thioether (sulfide) groups is 1. The third-order valence-electron chi connectivity index (χ3n) is 6.20. The molecule has 3 aromatic rings. The van der Waals surface area contributed by atoms with E-state index < -0.39 is 0 Å². The maximum atomic E-state index is 14.4. The first-order valence-corrected chi connectivity index (χ1v) is 12.8. The minimum absolute atomic E-state index is 0.101. The molecule has 0 aliphatic carbocycles. The molecule has 6 nitrogen and oxygen atoms in total. The number of hydrogen-bond acceptors (Lipinski definition) is 5. The van der Waals surface area contributed by atoms with Gasteiger partial charge in [-0.1, -0.05) is 68.1 Å². The number of nitrogens with zero attached hydrogens (tertiary/aromatic N) is 5. The number of halogens is 1. The summed E-state index contributed by atoms with van der Waals surface area (Å²) >= 11 is 1.38. The number of benzene rings is 2. The fourth-order valence-electron chi connectivity index (χ4n) is 4.29. The Hall–Kier alpha value is -2.71. The van der Waals surface area contributed by atoms with Gasteiger partial charge in [-0.15, -0.1) is 10.2 Å². The van der Waals surface area contributed by atoms with E-state index in [2.05, 4.69) is 60.1 Å². The average molecular weight is 482 g/mol. The van der Waals surface area contributed by atoms with Gasteiger partial charge in [0.05, 0.1) is 11.3 Å². The topological polar surface area (TPSA) is 54.3 Å². The van der Waals surface area contributed by atoms with Crippen LogP contribution in [0.5, 0.6) is 0 Å². The van der Waals surface area contributed by atoms with E-state index in [4.69, 9.17) is 0 Å². The zero-order valence-electron chi connectivity index (χ0n) is 20.0. The number of piperazine rings is 1. The van der Waals surface area contributed by atoms with Crippen LogP contribution in [0.25, 0.3) is 11.4 Å². The molecule has 2 heterocycles. The summed E-state index contributed by atoms with van der Waals surface area (Å²) in [5.41, 5.74) is 1.73. The summed E-state index contributed by atoms with van der Waals surface area (Å²) in [4.78, 5) is 17.3. The maximum Gasteiger partial charge on any atom is 0.233 e. The van der Waals surface area contributed by atoms with Gasteiger partial charge in [0.15, 0.2) is 11.0 Å². The van der Waals surface area contributed by atoms with E-state index in [-0.39, 0.29) is 11.7 Å². The van der Waals surface area contributed by atoms with Gasteiger partial charge < -0.3 is 9.47 Å². The van der Waals surface area contributed by atoms with Crippen LogP contribution in [-0.2, 0) is 11.3 Å². The van der Waals surface area contributed by atoms with Gasteiger partial charge in [0.2, 0.25) is 5.91 Å². The van der Waals surface area contributed by atoms with Gasteiger partial charge in [-0.3, -0.25) is 9.69 Å². The standard InChI is InChI=1S/C26H32FN5OS/c1-19(2)17-32-25(22-11-7-8-12-23(22)27)28-29-26(32)34-18-24(33)31-15-13-30(14-16-31)20(3)21-9-5-4-6-10-21/h4-12,19-20H,13-18H2,1-3H3. The molecule has 1 fully saturated rings. The predicted octanol–water partition coefficient (Wildman–Crippen LogP) is 4.74. The van der Waals surface area contributed by atoms with Crippen molar-refractivity contribution in [2.75, 3.05) is 31.9 Å². The summed E-state index contributed by atoms with van der Waals surface area (Å²) in [6.07, 6.45) is 0. The van der Waals surface area contributed by atoms with Crippen LogP contribution in [0.3, 0.4) is 0 Å². The summed E-state index contributed by atoms with van der Waals surface area (Å²) in [5, 5.41) is 9.22. The molecular formula is C26H32FN5OS. The molecule has 4 rings (SSSR count). The van der Waals surface area contributed by atoms with Crippen LogP contribution < -0.4 is 0 Å². The SMILES string of the molecule is CC(C)Cn1c(SCC(=O)N2CCN(C(C)c3ccccc3)CC2)nnc1-c1ccccc1F. The largest absolute Gasteiger partial charge is 0.339 e. The molecule has 8 heteroatoms. The van der Waals surface area contributed by atoms with Crippen molar-refractivity contribution in [1.29, 1.82) is 0 Å². The molecule has 0 saturated carbocycles. The van der Waals surface area contributed by atoms with Gasteiger partial charge in [-0.25, -0.2) is 4.39 Å². The van der Waals surface area contributed by atoms with E-state index in [0.717, 1.165) is 26.2 Å². The molecule has 34 heavy (non-hydrogen) atoms. The average Bonchev–Trinajstić information content (AvgIpc) is 3.24. The molecule has 1 atom stereocenters. The van der Waals surface area contributed by atoms with Crippen molar-refractivity contribution >= 4 is 17.7 Å². The Morgan fingerprint density at radius 2 is 1.65 bits per heavy atom. The van der Waals surface area contributed by atoms with Crippen LogP contribution >= 0.6 is 11.8 Å². The first-order chi connectivity index (χ1) is 16.4. The van der Waals surface area contributed by atoms with Crippen molar-refractivity contribution in [2.24, 2.45) is 5.92 Å². The number of carbonyl (C=O) groups is 1. The Balaban J connectivity index is 1.37. The molecule has 180 valence electrons. The third kappa shape index (κ3) is 5.67. The van der Waals surface area contributed by atoms with Crippen molar-refractivity contribution in [2.45, 2.75) is 38.5 Å². The van der Waals surface area contributed by atoms with Crippen LogP contribution in [0.1, 0.15) is 32.4 Å². The van der Waals surface area contributed by atoms with Gasteiger partial charge in [0.25, 0.3) is 0 Å². The highest BCUT2D eigenvalue weighted by Gasteiger charge is 2.25. The third-order valence-corrected chi connectivity index (χ3v) is 7.15. The first kappa shape index (κ1) is 24.4. The summed E-state index contributed by atoms with van der Waals surface area (Å²) in [6.45, 7) is 10.2. The highest BCUT2D eigenvalue weighted by Crippen LogP contribution is 2.27. The molecule has 1 aliphatic heterocycles. The van der Waals surface area contributed by atoms with Gasteiger partial charge in [-0.2, -0.15) is 0 Å². The van der Waals surface area contributed by atoms with Crippen LogP contribution in [0.4, 0.5) is 4.39 Å². The van der Waals surface area contributed by atoms with E-state index in [1.54, 1.807) is 18.2 Å². The monoisotopic (exact) mass is 481 g/mol. The Morgan fingerprint density at radius 1 is 0.971 bits per heavy atom. The number of carbonyl (C=O) groups excluding carboxylic acids is 1. The van der Waals surface area contributed by atoms with Crippen molar-refractivity contribution in [3.63, 3.8) is 0 Å². The van der Waals surface area contributed by atoms with Crippen molar-refractivity contribution in [3.05, 3.63) is 66.0 Å². The van der Waals surface area contributed by atoms with Crippen molar-refractivity contribution < 1.29 is 9.18 Å². The number of hydrogen-bond donors (Lipinski definition) is 0. The second-order valence-electron chi connectivity index (χ2n) is 9.08. The van der Waals surface area contributed by atoms with Gasteiger partial charge in [0.1, 0.15) is 5.82 Å². The second-order valence-corrected chi connectivity index (χ2v) is 10.0. The fraction of sp³-hybridized carbons (Fsp3) is 0.423. The molecule has 1 unspecified atom stereocenters. The van der Waals surface area contributed by atoms with Gasteiger partial charge >= 0.3 is 0 Å².